The van der Waals surface area contributed by atoms with Gasteiger partial charge in [0.05, 0.1) is 6.61 Å². The van der Waals surface area contributed by atoms with Gasteiger partial charge in [-0.3, -0.25) is 9.63 Å². The number of hydrogen-bond donors (Lipinski definition) is 3. The lowest BCUT2D eigenvalue weighted by atomic mass is 10.3. The average molecular weight is 302 g/mol. The van der Waals surface area contributed by atoms with Gasteiger partial charge < -0.3 is 10.1 Å². The summed E-state index contributed by atoms with van der Waals surface area (Å²) < 4.78 is 16.4. The van der Waals surface area contributed by atoms with E-state index in [1.54, 1.807) is 6.26 Å². The van der Waals surface area contributed by atoms with E-state index in [0.717, 1.165) is 12.8 Å². The van der Waals surface area contributed by atoms with Crippen molar-refractivity contribution in [3.8, 4) is 6.01 Å². The third-order valence-corrected chi connectivity index (χ3v) is 3.20. The van der Waals surface area contributed by atoms with Gasteiger partial charge in [-0.2, -0.15) is 15.0 Å². The van der Waals surface area contributed by atoms with Crippen LogP contribution in [0.5, 0.6) is 6.01 Å². The summed E-state index contributed by atoms with van der Waals surface area (Å²) in [5.41, 5.74) is 2.38. The highest BCUT2D eigenvalue weighted by Gasteiger charge is 2.10. The van der Waals surface area contributed by atoms with Crippen LogP contribution in [0.3, 0.4) is 0 Å². The third kappa shape index (κ3) is 6.11. The number of rotatable bonds is 9. The highest BCUT2D eigenvalue weighted by atomic mass is 32.2. The molecular weight excluding hydrogens is 280 g/mol. The van der Waals surface area contributed by atoms with Crippen LogP contribution in [0, 0.1) is 0 Å². The Morgan fingerprint density at radius 2 is 2.05 bits per heavy atom. The van der Waals surface area contributed by atoms with Crippen molar-refractivity contribution in [2.75, 3.05) is 29.4 Å². The fourth-order valence-corrected chi connectivity index (χ4v) is 2.06. The first-order valence-electron chi connectivity index (χ1n) is 6.47. The molecule has 0 fully saturated rings. The molecule has 0 aliphatic rings. The molecule has 1 heterocycles. The topological polar surface area (TPSA) is 115 Å². The van der Waals surface area contributed by atoms with Crippen molar-refractivity contribution < 1.29 is 8.95 Å². The number of nitrogens with zero attached hydrogens (tertiary/aromatic N) is 3. The molecule has 0 saturated carbocycles. The monoisotopic (exact) mass is 302 g/mol. The van der Waals surface area contributed by atoms with Gasteiger partial charge in [-0.05, 0) is 19.8 Å². The van der Waals surface area contributed by atoms with Crippen LogP contribution in [-0.2, 0) is 10.8 Å². The number of anilines is 2. The van der Waals surface area contributed by atoms with Gasteiger partial charge in [-0.25, -0.2) is 5.84 Å². The van der Waals surface area contributed by atoms with E-state index in [-0.39, 0.29) is 18.0 Å². The van der Waals surface area contributed by atoms with Crippen LogP contribution in [0.25, 0.3) is 0 Å². The van der Waals surface area contributed by atoms with Gasteiger partial charge in [0, 0.05) is 28.9 Å². The van der Waals surface area contributed by atoms with Gasteiger partial charge in [0.1, 0.15) is 0 Å². The van der Waals surface area contributed by atoms with Crippen LogP contribution in [-0.4, -0.2) is 43.8 Å². The van der Waals surface area contributed by atoms with Crippen molar-refractivity contribution in [3.05, 3.63) is 0 Å². The van der Waals surface area contributed by atoms with Crippen molar-refractivity contribution in [2.45, 2.75) is 32.7 Å². The highest BCUT2D eigenvalue weighted by Crippen LogP contribution is 2.12. The Bertz CT molecular complexity index is 445. The minimum atomic E-state index is -0.809. The second-order valence-corrected chi connectivity index (χ2v) is 5.92. The Labute approximate surface area is 121 Å². The first-order chi connectivity index (χ1) is 9.55. The van der Waals surface area contributed by atoms with Crippen molar-refractivity contribution in [3.63, 3.8) is 0 Å². The van der Waals surface area contributed by atoms with Crippen LogP contribution in [0.15, 0.2) is 0 Å². The standard InChI is InChI=1S/C11H22N6O2S/c1-4-6-19-11-15-9(14-10(16-11)17-12)13-8(2)5-7-20(3)18/h8H,4-7,12H2,1-3H3,(H2,13,14,15,16,17). The molecule has 0 spiro atoms. The second kappa shape index (κ2) is 8.64. The molecule has 0 radical (unpaired) electrons. The summed E-state index contributed by atoms with van der Waals surface area (Å²) in [5.74, 6) is 6.56. The number of ether oxygens (including phenoxy) is 1. The fourth-order valence-electron chi connectivity index (χ4n) is 1.38. The quantitative estimate of drug-likeness (QED) is 0.446. The van der Waals surface area contributed by atoms with E-state index in [4.69, 9.17) is 10.6 Å². The predicted octanol–water partition coefficient (Wildman–Crippen LogP) is 0.515. The van der Waals surface area contributed by atoms with Crippen LogP contribution in [0.2, 0.25) is 0 Å². The van der Waals surface area contributed by atoms with E-state index in [9.17, 15) is 4.21 Å². The molecule has 2 atom stereocenters. The smallest absolute Gasteiger partial charge is 0.323 e. The molecule has 0 bridgehead atoms. The summed E-state index contributed by atoms with van der Waals surface area (Å²) >= 11 is 0. The number of nitrogens with one attached hydrogen (secondary N) is 2. The highest BCUT2D eigenvalue weighted by molar-refractivity contribution is 7.84. The SMILES string of the molecule is CCCOc1nc(NN)nc(NC(C)CCS(C)=O)n1. The third-order valence-electron chi connectivity index (χ3n) is 2.39. The minimum Gasteiger partial charge on any atom is -0.463 e. The molecule has 0 saturated heterocycles. The molecule has 8 nitrogen and oxygen atoms in total. The molecule has 1 aromatic heterocycles. The minimum absolute atomic E-state index is 0.0888. The largest absolute Gasteiger partial charge is 0.463 e. The number of nitrogens with two attached hydrogens (primary N) is 1. The van der Waals surface area contributed by atoms with Crippen LogP contribution in [0.1, 0.15) is 26.7 Å². The molecule has 20 heavy (non-hydrogen) atoms. The molecule has 9 heteroatoms. The maximum Gasteiger partial charge on any atom is 0.323 e. The molecule has 114 valence electrons. The van der Waals surface area contributed by atoms with Crippen LogP contribution >= 0.6 is 0 Å². The molecule has 0 aliphatic heterocycles. The molecule has 4 N–H and O–H groups in total. The molecule has 2 unspecified atom stereocenters. The van der Waals surface area contributed by atoms with Gasteiger partial charge in [-0.15, -0.1) is 0 Å². The van der Waals surface area contributed by atoms with Crippen LogP contribution < -0.4 is 21.3 Å². The van der Waals surface area contributed by atoms with E-state index in [0.29, 0.717) is 18.3 Å². The van der Waals surface area contributed by atoms with Crippen molar-refractivity contribution in [1.29, 1.82) is 0 Å². The Balaban J connectivity index is 2.69. The van der Waals surface area contributed by atoms with E-state index in [1.165, 1.54) is 0 Å². The van der Waals surface area contributed by atoms with Crippen molar-refractivity contribution in [2.24, 2.45) is 5.84 Å². The number of hydrazine groups is 1. The van der Waals surface area contributed by atoms with Gasteiger partial charge in [0.2, 0.25) is 11.9 Å². The molecular formula is C11H22N6O2S. The Morgan fingerprint density at radius 1 is 1.35 bits per heavy atom. The number of nitrogen functional groups attached to an aromatic ring is 1. The van der Waals surface area contributed by atoms with E-state index in [2.05, 4.69) is 25.7 Å². The first-order valence-corrected chi connectivity index (χ1v) is 8.20. The van der Waals surface area contributed by atoms with Crippen molar-refractivity contribution in [1.82, 2.24) is 15.0 Å². The second-order valence-electron chi connectivity index (χ2n) is 4.37. The van der Waals surface area contributed by atoms with Gasteiger partial charge in [-0.1, -0.05) is 6.92 Å². The zero-order valence-corrected chi connectivity index (χ0v) is 12.9. The number of hydrogen-bond acceptors (Lipinski definition) is 8. The summed E-state index contributed by atoms with van der Waals surface area (Å²) in [5, 5.41) is 3.12. The van der Waals surface area contributed by atoms with Gasteiger partial charge in [0.15, 0.2) is 0 Å². The summed E-state index contributed by atoms with van der Waals surface area (Å²) in [6.07, 6.45) is 3.30. The molecule has 0 aliphatic carbocycles. The van der Waals surface area contributed by atoms with Crippen molar-refractivity contribution >= 4 is 22.7 Å². The lowest BCUT2D eigenvalue weighted by Gasteiger charge is -2.14. The zero-order chi connectivity index (χ0) is 15.0. The summed E-state index contributed by atoms with van der Waals surface area (Å²) in [4.78, 5) is 12.3. The lowest BCUT2D eigenvalue weighted by Crippen LogP contribution is -2.21. The maximum absolute atomic E-state index is 11.1. The van der Waals surface area contributed by atoms with E-state index in [1.807, 2.05) is 13.8 Å². The van der Waals surface area contributed by atoms with E-state index < -0.39 is 10.8 Å². The normalized spacial score (nSPS) is 13.6. The number of aromatic nitrogens is 3. The molecule has 0 amide bonds. The maximum atomic E-state index is 11.1. The molecule has 0 aromatic carbocycles. The van der Waals surface area contributed by atoms with Gasteiger partial charge in [0.25, 0.3) is 0 Å². The lowest BCUT2D eigenvalue weighted by molar-refractivity contribution is 0.292. The Morgan fingerprint density at radius 3 is 2.65 bits per heavy atom. The van der Waals surface area contributed by atoms with Crippen LogP contribution in [0.4, 0.5) is 11.9 Å². The summed E-state index contributed by atoms with van der Waals surface area (Å²) in [6.45, 7) is 4.49. The summed E-state index contributed by atoms with van der Waals surface area (Å²) in [7, 11) is -0.809. The van der Waals surface area contributed by atoms with Gasteiger partial charge >= 0.3 is 6.01 Å². The summed E-state index contributed by atoms with van der Waals surface area (Å²) in [6, 6.07) is 0.314. The first kappa shape index (κ1) is 16.6. The fraction of sp³-hybridized carbons (Fsp3) is 0.727. The predicted molar refractivity (Wildman–Crippen MR) is 80.1 cm³/mol. The Kier molecular flexibility index (Phi) is 7.16. The zero-order valence-electron chi connectivity index (χ0n) is 12.0. The molecule has 1 rings (SSSR count). The average Bonchev–Trinajstić information content (AvgIpc) is 2.42. The van der Waals surface area contributed by atoms with E-state index >= 15 is 0 Å². The Hall–Kier alpha value is -1.48. The molecule has 1 aromatic rings.